The van der Waals surface area contributed by atoms with Crippen LogP contribution in [0.4, 0.5) is 0 Å². The number of aryl methyl sites for hydroxylation is 1. The topological polar surface area (TPSA) is 52.5 Å². The van der Waals surface area contributed by atoms with Crippen LogP contribution in [-0.2, 0) is 6.54 Å². The molecule has 1 aromatic heterocycles. The summed E-state index contributed by atoms with van der Waals surface area (Å²) < 4.78 is 0. The standard InChI is InChI=1S/C14H17NO2S/c1-10-5-6-18-14(10)9-15-8-13(17)11-3-2-4-12(16)7-11/h2-7,13,15-17H,8-9H2,1H3/t13-/m1/s1. The first kappa shape index (κ1) is 13.1. The molecule has 0 saturated heterocycles. The van der Waals surface area contributed by atoms with Crippen LogP contribution in [0.3, 0.4) is 0 Å². The molecule has 2 rings (SSSR count). The molecule has 3 N–H and O–H groups in total. The van der Waals surface area contributed by atoms with E-state index in [-0.39, 0.29) is 5.75 Å². The maximum Gasteiger partial charge on any atom is 0.115 e. The van der Waals surface area contributed by atoms with Crippen molar-refractivity contribution in [1.29, 1.82) is 0 Å². The van der Waals surface area contributed by atoms with Gasteiger partial charge in [0.05, 0.1) is 6.10 Å². The Morgan fingerprint density at radius 2 is 2.17 bits per heavy atom. The van der Waals surface area contributed by atoms with Crippen LogP contribution >= 0.6 is 11.3 Å². The second-order valence-electron chi connectivity index (χ2n) is 4.27. The van der Waals surface area contributed by atoms with Crippen molar-refractivity contribution in [2.24, 2.45) is 0 Å². The molecule has 1 heterocycles. The molecule has 1 aromatic carbocycles. The molecule has 0 aliphatic carbocycles. The van der Waals surface area contributed by atoms with Crippen molar-refractivity contribution in [3.63, 3.8) is 0 Å². The highest BCUT2D eigenvalue weighted by Gasteiger charge is 2.08. The summed E-state index contributed by atoms with van der Waals surface area (Å²) in [4.78, 5) is 1.29. The van der Waals surface area contributed by atoms with Crippen molar-refractivity contribution in [3.05, 3.63) is 51.7 Å². The van der Waals surface area contributed by atoms with Gasteiger partial charge in [-0.3, -0.25) is 0 Å². The number of hydrogen-bond donors (Lipinski definition) is 3. The van der Waals surface area contributed by atoms with E-state index < -0.39 is 6.10 Å². The highest BCUT2D eigenvalue weighted by molar-refractivity contribution is 7.10. The number of aliphatic hydroxyl groups excluding tert-OH is 1. The SMILES string of the molecule is Cc1ccsc1CNC[C@@H](O)c1cccc(O)c1. The van der Waals surface area contributed by atoms with Crippen molar-refractivity contribution in [3.8, 4) is 5.75 Å². The first-order chi connectivity index (χ1) is 8.66. The molecule has 0 aliphatic rings. The Labute approximate surface area is 111 Å². The molecule has 0 fully saturated rings. The summed E-state index contributed by atoms with van der Waals surface area (Å²) in [6.07, 6.45) is -0.600. The number of rotatable bonds is 5. The van der Waals surface area contributed by atoms with E-state index in [9.17, 15) is 10.2 Å². The zero-order valence-corrected chi connectivity index (χ0v) is 11.1. The van der Waals surface area contributed by atoms with Gasteiger partial charge in [-0.2, -0.15) is 0 Å². The highest BCUT2D eigenvalue weighted by atomic mass is 32.1. The summed E-state index contributed by atoms with van der Waals surface area (Å²) in [6.45, 7) is 3.32. The Bertz CT molecular complexity index is 510. The zero-order chi connectivity index (χ0) is 13.0. The van der Waals surface area contributed by atoms with Crippen LogP contribution in [0.5, 0.6) is 5.75 Å². The van der Waals surface area contributed by atoms with Crippen LogP contribution in [-0.4, -0.2) is 16.8 Å². The van der Waals surface area contributed by atoms with Gasteiger partial charge in [0.2, 0.25) is 0 Å². The number of nitrogens with one attached hydrogen (secondary N) is 1. The monoisotopic (exact) mass is 263 g/mol. The van der Waals surface area contributed by atoms with E-state index in [0.717, 1.165) is 12.1 Å². The molecule has 18 heavy (non-hydrogen) atoms. The largest absolute Gasteiger partial charge is 0.508 e. The van der Waals surface area contributed by atoms with Crippen molar-refractivity contribution in [1.82, 2.24) is 5.32 Å². The normalized spacial score (nSPS) is 12.6. The van der Waals surface area contributed by atoms with Gasteiger partial charge in [0.25, 0.3) is 0 Å². The van der Waals surface area contributed by atoms with E-state index in [1.54, 1.807) is 29.5 Å². The molecule has 0 saturated carbocycles. The van der Waals surface area contributed by atoms with Crippen molar-refractivity contribution in [2.75, 3.05) is 6.54 Å². The van der Waals surface area contributed by atoms with E-state index in [1.807, 2.05) is 6.07 Å². The summed E-state index contributed by atoms with van der Waals surface area (Å²) in [5.41, 5.74) is 2.00. The van der Waals surface area contributed by atoms with Crippen LogP contribution in [0, 0.1) is 6.92 Å². The van der Waals surface area contributed by atoms with Crippen LogP contribution in [0.25, 0.3) is 0 Å². The first-order valence-electron chi connectivity index (χ1n) is 5.87. The summed E-state index contributed by atoms with van der Waals surface area (Å²) in [7, 11) is 0. The Kier molecular flexibility index (Phi) is 4.36. The van der Waals surface area contributed by atoms with Gasteiger partial charge in [0.15, 0.2) is 0 Å². The lowest BCUT2D eigenvalue weighted by atomic mass is 10.1. The Balaban J connectivity index is 1.85. The van der Waals surface area contributed by atoms with Crippen molar-refractivity contribution in [2.45, 2.75) is 19.6 Å². The predicted octanol–water partition coefficient (Wildman–Crippen LogP) is 2.59. The molecule has 1 atom stereocenters. The fourth-order valence-electron chi connectivity index (χ4n) is 1.76. The number of aliphatic hydroxyl groups is 1. The van der Waals surface area contributed by atoms with Crippen molar-refractivity contribution >= 4 is 11.3 Å². The molecule has 0 radical (unpaired) electrons. The average Bonchev–Trinajstić information content (AvgIpc) is 2.75. The average molecular weight is 263 g/mol. The number of phenolic OH excluding ortho intramolecular Hbond substituents is 1. The molecule has 0 unspecified atom stereocenters. The highest BCUT2D eigenvalue weighted by Crippen LogP contribution is 2.18. The Morgan fingerprint density at radius 3 is 2.83 bits per heavy atom. The van der Waals surface area contributed by atoms with Gasteiger partial charge in [-0.05, 0) is 41.6 Å². The van der Waals surface area contributed by atoms with E-state index in [0.29, 0.717) is 6.54 Å². The number of thiophene rings is 1. The molecule has 4 heteroatoms. The molecule has 0 aliphatic heterocycles. The third-order valence-corrected chi connectivity index (χ3v) is 3.87. The summed E-state index contributed by atoms with van der Waals surface area (Å²) in [5, 5.41) is 24.6. The number of aromatic hydroxyl groups is 1. The van der Waals surface area contributed by atoms with Gasteiger partial charge >= 0.3 is 0 Å². The van der Waals surface area contributed by atoms with Crippen LogP contribution in [0.15, 0.2) is 35.7 Å². The number of hydrogen-bond acceptors (Lipinski definition) is 4. The smallest absolute Gasteiger partial charge is 0.115 e. The number of benzene rings is 1. The fraction of sp³-hybridized carbons (Fsp3) is 0.286. The summed E-state index contributed by atoms with van der Waals surface area (Å²) >= 11 is 1.72. The summed E-state index contributed by atoms with van der Waals surface area (Å²) in [5.74, 6) is 0.181. The quantitative estimate of drug-likeness (QED) is 0.777. The third-order valence-electron chi connectivity index (χ3n) is 2.85. The second-order valence-corrected chi connectivity index (χ2v) is 5.27. The van der Waals surface area contributed by atoms with Crippen LogP contribution in [0.2, 0.25) is 0 Å². The third kappa shape index (κ3) is 3.32. The maximum atomic E-state index is 9.97. The van der Waals surface area contributed by atoms with Crippen molar-refractivity contribution < 1.29 is 10.2 Å². The van der Waals surface area contributed by atoms with Gasteiger partial charge in [-0.1, -0.05) is 12.1 Å². The molecular weight excluding hydrogens is 246 g/mol. The van der Waals surface area contributed by atoms with Crippen LogP contribution in [0.1, 0.15) is 22.1 Å². The minimum absolute atomic E-state index is 0.181. The molecule has 0 spiro atoms. The first-order valence-corrected chi connectivity index (χ1v) is 6.75. The van der Waals surface area contributed by atoms with E-state index in [4.69, 9.17) is 0 Å². The lowest BCUT2D eigenvalue weighted by Gasteiger charge is -2.12. The molecule has 0 bridgehead atoms. The molecule has 96 valence electrons. The van der Waals surface area contributed by atoms with Gasteiger partial charge < -0.3 is 15.5 Å². The van der Waals surface area contributed by atoms with Crippen LogP contribution < -0.4 is 5.32 Å². The second kappa shape index (κ2) is 6.00. The van der Waals surface area contributed by atoms with Gasteiger partial charge in [-0.15, -0.1) is 11.3 Å². The molecular formula is C14H17NO2S. The van der Waals surface area contributed by atoms with E-state index in [2.05, 4.69) is 23.7 Å². The minimum atomic E-state index is -0.600. The number of phenols is 1. The van der Waals surface area contributed by atoms with Gasteiger partial charge in [-0.25, -0.2) is 0 Å². The molecule has 0 amide bonds. The molecule has 3 nitrogen and oxygen atoms in total. The lowest BCUT2D eigenvalue weighted by molar-refractivity contribution is 0.174. The Morgan fingerprint density at radius 1 is 1.33 bits per heavy atom. The zero-order valence-electron chi connectivity index (χ0n) is 10.3. The maximum absolute atomic E-state index is 9.97. The van der Waals surface area contributed by atoms with E-state index in [1.165, 1.54) is 10.4 Å². The lowest BCUT2D eigenvalue weighted by Crippen LogP contribution is -2.20. The van der Waals surface area contributed by atoms with Gasteiger partial charge in [0.1, 0.15) is 5.75 Å². The summed E-state index contributed by atoms with van der Waals surface area (Å²) in [6, 6.07) is 8.81. The Hall–Kier alpha value is -1.36. The fourth-order valence-corrected chi connectivity index (χ4v) is 2.63. The van der Waals surface area contributed by atoms with E-state index >= 15 is 0 Å². The van der Waals surface area contributed by atoms with Gasteiger partial charge in [0, 0.05) is 18.0 Å². The minimum Gasteiger partial charge on any atom is -0.508 e. The molecule has 2 aromatic rings. The predicted molar refractivity (Wildman–Crippen MR) is 73.8 cm³/mol.